The summed E-state index contributed by atoms with van der Waals surface area (Å²) in [5.74, 6) is 0.00356. The molecule has 5 heteroatoms. The summed E-state index contributed by atoms with van der Waals surface area (Å²) in [6.07, 6.45) is 0.479. The first kappa shape index (κ1) is 13.5. The highest BCUT2D eigenvalue weighted by Crippen LogP contribution is 2.09. The summed E-state index contributed by atoms with van der Waals surface area (Å²) in [5, 5.41) is 14.7. The fourth-order valence-corrected chi connectivity index (χ4v) is 1.90. The number of nitriles is 1. The normalized spacial score (nSPS) is 14.8. The highest BCUT2D eigenvalue weighted by atomic mass is 16.1. The van der Waals surface area contributed by atoms with Crippen LogP contribution in [0.5, 0.6) is 0 Å². The van der Waals surface area contributed by atoms with Gasteiger partial charge in [0.15, 0.2) is 0 Å². The molecule has 19 heavy (non-hydrogen) atoms. The molecule has 0 aromatic heterocycles. The highest BCUT2D eigenvalue weighted by Gasteiger charge is 2.21. The fraction of sp³-hybridized carbons (Fsp3) is 0.429. The Bertz CT molecular complexity index is 473. The number of nitrogens with one attached hydrogen (secondary N) is 2. The van der Waals surface area contributed by atoms with Gasteiger partial charge in [-0.05, 0) is 31.3 Å². The molecule has 1 aliphatic heterocycles. The molecule has 1 aromatic rings. The average molecular weight is 258 g/mol. The van der Waals surface area contributed by atoms with Crippen molar-refractivity contribution < 1.29 is 4.79 Å². The van der Waals surface area contributed by atoms with E-state index in [0.29, 0.717) is 18.0 Å². The molecule has 0 radical (unpaired) electrons. The molecule has 1 amide bonds. The molecule has 0 atom stereocenters. The summed E-state index contributed by atoms with van der Waals surface area (Å²) in [5.41, 5.74) is 1.33. The van der Waals surface area contributed by atoms with Gasteiger partial charge in [0, 0.05) is 37.8 Å². The summed E-state index contributed by atoms with van der Waals surface area (Å²) < 4.78 is 0. The van der Waals surface area contributed by atoms with Crippen LogP contribution in [0.25, 0.3) is 0 Å². The van der Waals surface area contributed by atoms with Crippen molar-refractivity contribution in [2.75, 3.05) is 32.0 Å². The Balaban J connectivity index is 1.75. The Morgan fingerprint density at radius 3 is 2.68 bits per heavy atom. The third kappa shape index (κ3) is 3.78. The zero-order valence-electron chi connectivity index (χ0n) is 11.0. The van der Waals surface area contributed by atoms with Crippen molar-refractivity contribution in [1.82, 2.24) is 10.2 Å². The van der Waals surface area contributed by atoms with Gasteiger partial charge < -0.3 is 15.5 Å². The van der Waals surface area contributed by atoms with E-state index in [9.17, 15) is 4.79 Å². The molecule has 1 saturated heterocycles. The van der Waals surface area contributed by atoms with Crippen LogP contribution in [-0.2, 0) is 4.79 Å². The van der Waals surface area contributed by atoms with E-state index in [2.05, 4.69) is 15.5 Å². The number of anilines is 1. The molecule has 0 saturated carbocycles. The third-order valence-corrected chi connectivity index (χ3v) is 3.37. The maximum atomic E-state index is 11.8. The summed E-state index contributed by atoms with van der Waals surface area (Å²) in [6.45, 7) is 2.77. The Morgan fingerprint density at radius 2 is 2.16 bits per heavy atom. The first-order valence-electron chi connectivity index (χ1n) is 6.40. The second kappa shape index (κ2) is 6.32. The molecule has 2 rings (SSSR count). The molecule has 100 valence electrons. The van der Waals surface area contributed by atoms with E-state index in [4.69, 9.17) is 5.26 Å². The van der Waals surface area contributed by atoms with E-state index >= 15 is 0 Å². The number of likely N-dealkylation sites (N-methyl/N-ethyl adjacent to an activating group) is 1. The minimum atomic E-state index is 0.00356. The van der Waals surface area contributed by atoms with Crippen LogP contribution in [0.2, 0.25) is 0 Å². The second-order valence-electron chi connectivity index (χ2n) is 4.78. The maximum Gasteiger partial charge on any atom is 0.225 e. The summed E-state index contributed by atoms with van der Waals surface area (Å²) in [6, 6.07) is 9.49. The van der Waals surface area contributed by atoms with Crippen molar-refractivity contribution >= 4 is 11.6 Å². The van der Waals surface area contributed by atoms with Crippen LogP contribution in [0.1, 0.15) is 12.0 Å². The van der Waals surface area contributed by atoms with Gasteiger partial charge in [-0.1, -0.05) is 0 Å². The van der Waals surface area contributed by atoms with Crippen LogP contribution in [0, 0.1) is 11.3 Å². The van der Waals surface area contributed by atoms with Gasteiger partial charge >= 0.3 is 0 Å². The number of carbonyl (C=O) groups is 1. The third-order valence-electron chi connectivity index (χ3n) is 3.37. The zero-order valence-corrected chi connectivity index (χ0v) is 11.0. The highest BCUT2D eigenvalue weighted by molar-refractivity contribution is 5.90. The van der Waals surface area contributed by atoms with Crippen molar-refractivity contribution in [3.63, 3.8) is 0 Å². The van der Waals surface area contributed by atoms with Crippen molar-refractivity contribution in [2.24, 2.45) is 0 Å². The number of rotatable bonds is 5. The van der Waals surface area contributed by atoms with Crippen LogP contribution in [0.4, 0.5) is 5.69 Å². The smallest absolute Gasteiger partial charge is 0.225 e. The molecule has 0 bridgehead atoms. The van der Waals surface area contributed by atoms with Gasteiger partial charge in [0.25, 0.3) is 0 Å². The van der Waals surface area contributed by atoms with Gasteiger partial charge in [0.05, 0.1) is 11.6 Å². The minimum Gasteiger partial charge on any atom is -0.326 e. The molecule has 1 aliphatic rings. The van der Waals surface area contributed by atoms with Crippen LogP contribution in [0.15, 0.2) is 24.3 Å². The average Bonchev–Trinajstić information content (AvgIpc) is 2.35. The van der Waals surface area contributed by atoms with E-state index in [-0.39, 0.29) is 5.91 Å². The van der Waals surface area contributed by atoms with Gasteiger partial charge in [0.2, 0.25) is 5.91 Å². The van der Waals surface area contributed by atoms with Gasteiger partial charge in [-0.2, -0.15) is 5.26 Å². The summed E-state index contributed by atoms with van der Waals surface area (Å²) in [7, 11) is 2.04. The Hall–Kier alpha value is -1.90. The number of hydrogen-bond acceptors (Lipinski definition) is 4. The summed E-state index contributed by atoms with van der Waals surface area (Å²) >= 11 is 0. The molecule has 1 heterocycles. The quantitative estimate of drug-likeness (QED) is 0.819. The lowest BCUT2D eigenvalue weighted by molar-refractivity contribution is -0.116. The Morgan fingerprint density at radius 1 is 1.47 bits per heavy atom. The van der Waals surface area contributed by atoms with Gasteiger partial charge in [-0.3, -0.25) is 4.79 Å². The number of carbonyl (C=O) groups excluding carboxylic acids is 1. The number of amides is 1. The van der Waals surface area contributed by atoms with Crippen molar-refractivity contribution in [3.05, 3.63) is 29.8 Å². The standard InChI is InChI=1S/C14H18N4O/c1-18(13-9-16-10-13)7-6-14(19)17-12-4-2-11(8-15)3-5-12/h2-5,13,16H,6-7,9-10H2,1H3,(H,17,19). The first-order chi connectivity index (χ1) is 9.19. The summed E-state index contributed by atoms with van der Waals surface area (Å²) in [4.78, 5) is 14.0. The lowest BCUT2D eigenvalue weighted by atomic mass is 10.1. The van der Waals surface area contributed by atoms with Gasteiger partial charge in [0.1, 0.15) is 0 Å². The van der Waals surface area contributed by atoms with E-state index in [1.54, 1.807) is 24.3 Å². The molecular formula is C14H18N4O. The lowest BCUT2D eigenvalue weighted by Crippen LogP contribution is -2.56. The number of hydrogen-bond donors (Lipinski definition) is 2. The Labute approximate surface area is 113 Å². The largest absolute Gasteiger partial charge is 0.326 e. The van der Waals surface area contributed by atoms with E-state index < -0.39 is 0 Å². The fourth-order valence-electron chi connectivity index (χ4n) is 1.90. The predicted molar refractivity (Wildman–Crippen MR) is 73.7 cm³/mol. The maximum absolute atomic E-state index is 11.8. The topological polar surface area (TPSA) is 68.2 Å². The number of nitrogens with zero attached hydrogens (tertiary/aromatic N) is 2. The molecule has 0 spiro atoms. The van der Waals surface area contributed by atoms with E-state index in [0.717, 1.165) is 25.3 Å². The molecule has 5 nitrogen and oxygen atoms in total. The molecule has 0 aliphatic carbocycles. The Kier molecular flexibility index (Phi) is 4.50. The molecule has 1 fully saturated rings. The van der Waals surface area contributed by atoms with Crippen LogP contribution >= 0.6 is 0 Å². The zero-order chi connectivity index (χ0) is 13.7. The van der Waals surface area contributed by atoms with E-state index in [1.165, 1.54) is 0 Å². The van der Waals surface area contributed by atoms with Crippen molar-refractivity contribution in [2.45, 2.75) is 12.5 Å². The first-order valence-corrected chi connectivity index (χ1v) is 6.40. The SMILES string of the molecule is CN(CCC(=O)Nc1ccc(C#N)cc1)C1CNC1. The van der Waals surface area contributed by atoms with E-state index in [1.807, 2.05) is 13.1 Å². The molecular weight excluding hydrogens is 240 g/mol. The van der Waals surface area contributed by atoms with Crippen LogP contribution in [-0.4, -0.2) is 43.5 Å². The molecule has 1 aromatic carbocycles. The van der Waals surface area contributed by atoms with Crippen molar-refractivity contribution in [1.29, 1.82) is 5.26 Å². The second-order valence-corrected chi connectivity index (χ2v) is 4.78. The molecule has 2 N–H and O–H groups in total. The minimum absolute atomic E-state index is 0.00356. The monoisotopic (exact) mass is 258 g/mol. The van der Waals surface area contributed by atoms with Crippen LogP contribution < -0.4 is 10.6 Å². The van der Waals surface area contributed by atoms with Gasteiger partial charge in [-0.15, -0.1) is 0 Å². The predicted octanol–water partition coefficient (Wildman–Crippen LogP) is 0.790. The van der Waals surface area contributed by atoms with Gasteiger partial charge in [-0.25, -0.2) is 0 Å². The van der Waals surface area contributed by atoms with Crippen LogP contribution in [0.3, 0.4) is 0 Å². The number of benzene rings is 1. The molecule has 0 unspecified atom stereocenters. The van der Waals surface area contributed by atoms with Crippen molar-refractivity contribution in [3.8, 4) is 6.07 Å². The lowest BCUT2D eigenvalue weighted by Gasteiger charge is -2.35.